The van der Waals surface area contributed by atoms with Crippen molar-refractivity contribution in [3.63, 3.8) is 0 Å². The molecule has 0 fully saturated rings. The van der Waals surface area contributed by atoms with E-state index >= 15 is 0 Å². The summed E-state index contributed by atoms with van der Waals surface area (Å²) in [5.41, 5.74) is 1.11. The Morgan fingerprint density at radius 1 is 1.33 bits per heavy atom. The summed E-state index contributed by atoms with van der Waals surface area (Å²) in [6.07, 6.45) is 5.53. The van der Waals surface area contributed by atoms with Crippen molar-refractivity contribution in [1.82, 2.24) is 30.0 Å². The largest absolute Gasteiger partial charge is 0.307 e. The molecule has 1 unspecified atom stereocenters. The monoisotopic (exact) mass is 298 g/mol. The highest BCUT2D eigenvalue weighted by atomic mass is 32.1. The van der Waals surface area contributed by atoms with Crippen molar-refractivity contribution in [3.8, 4) is 10.7 Å². The smallest absolute Gasteiger partial charge is 0.175 e. The zero-order valence-electron chi connectivity index (χ0n) is 11.5. The SMILES string of the molecule is Cc1ncc(-c2nnc3n2CCNC3c2cccnc2)s1. The zero-order chi connectivity index (χ0) is 14.2. The number of rotatable bonds is 2. The molecule has 1 aliphatic heterocycles. The summed E-state index contributed by atoms with van der Waals surface area (Å²) in [5, 5.41) is 13.3. The van der Waals surface area contributed by atoms with E-state index in [0.717, 1.165) is 40.2 Å². The molecule has 7 heteroatoms. The first-order valence-electron chi connectivity index (χ1n) is 6.82. The molecule has 4 rings (SSSR count). The number of nitrogens with one attached hydrogen (secondary N) is 1. The van der Waals surface area contributed by atoms with Crippen molar-refractivity contribution in [1.29, 1.82) is 0 Å². The van der Waals surface area contributed by atoms with Crippen LogP contribution in [0.4, 0.5) is 0 Å². The Labute approximate surface area is 125 Å². The van der Waals surface area contributed by atoms with Crippen LogP contribution >= 0.6 is 11.3 Å². The first kappa shape index (κ1) is 12.6. The van der Waals surface area contributed by atoms with Gasteiger partial charge < -0.3 is 9.88 Å². The third-order valence-corrected chi connectivity index (χ3v) is 4.49. The average Bonchev–Trinajstić information content (AvgIpc) is 3.13. The van der Waals surface area contributed by atoms with E-state index in [1.54, 1.807) is 17.5 Å². The number of aryl methyl sites for hydroxylation is 1. The van der Waals surface area contributed by atoms with Crippen molar-refractivity contribution < 1.29 is 0 Å². The number of hydrogen-bond donors (Lipinski definition) is 1. The van der Waals surface area contributed by atoms with Crippen LogP contribution in [0.5, 0.6) is 0 Å². The van der Waals surface area contributed by atoms with E-state index in [2.05, 4.69) is 36.1 Å². The minimum Gasteiger partial charge on any atom is -0.307 e. The lowest BCUT2D eigenvalue weighted by atomic mass is 10.1. The molecular weight excluding hydrogens is 284 g/mol. The fourth-order valence-corrected chi connectivity index (χ4v) is 3.39. The number of pyridine rings is 1. The van der Waals surface area contributed by atoms with Crippen LogP contribution in [0.1, 0.15) is 22.4 Å². The highest BCUT2D eigenvalue weighted by molar-refractivity contribution is 7.14. The van der Waals surface area contributed by atoms with Gasteiger partial charge in [0, 0.05) is 31.7 Å². The Morgan fingerprint density at radius 3 is 3.05 bits per heavy atom. The molecule has 3 aromatic rings. The standard InChI is InChI=1S/C14H14N6S/c1-9-17-8-11(21-9)13-18-19-14-12(16-5-6-20(13)14)10-3-2-4-15-7-10/h2-4,7-8,12,16H,5-6H2,1H3. The van der Waals surface area contributed by atoms with Crippen LogP contribution in [0.3, 0.4) is 0 Å². The Balaban J connectivity index is 1.79. The molecule has 4 heterocycles. The summed E-state index contributed by atoms with van der Waals surface area (Å²) >= 11 is 1.65. The molecule has 0 bridgehead atoms. The second-order valence-corrected chi connectivity index (χ2v) is 6.19. The summed E-state index contributed by atoms with van der Waals surface area (Å²) in [5.74, 6) is 1.85. The van der Waals surface area contributed by atoms with Gasteiger partial charge in [-0.25, -0.2) is 4.98 Å². The van der Waals surface area contributed by atoms with E-state index in [1.807, 2.05) is 25.4 Å². The van der Waals surface area contributed by atoms with Gasteiger partial charge in [-0.15, -0.1) is 21.5 Å². The lowest BCUT2D eigenvalue weighted by Crippen LogP contribution is -2.34. The van der Waals surface area contributed by atoms with Gasteiger partial charge in [0.05, 0.1) is 15.9 Å². The van der Waals surface area contributed by atoms with Crippen molar-refractivity contribution in [3.05, 3.63) is 47.1 Å². The molecule has 106 valence electrons. The van der Waals surface area contributed by atoms with Gasteiger partial charge in [0.15, 0.2) is 11.6 Å². The van der Waals surface area contributed by atoms with E-state index in [-0.39, 0.29) is 6.04 Å². The molecular formula is C14H14N6S. The van der Waals surface area contributed by atoms with Crippen LogP contribution in [-0.4, -0.2) is 31.3 Å². The molecule has 1 atom stereocenters. The van der Waals surface area contributed by atoms with Crippen molar-refractivity contribution >= 4 is 11.3 Å². The van der Waals surface area contributed by atoms with E-state index in [9.17, 15) is 0 Å². The van der Waals surface area contributed by atoms with Crippen LogP contribution in [0.25, 0.3) is 10.7 Å². The van der Waals surface area contributed by atoms with Crippen LogP contribution < -0.4 is 5.32 Å². The first-order chi connectivity index (χ1) is 10.3. The number of fused-ring (bicyclic) bond motifs is 1. The predicted molar refractivity (Wildman–Crippen MR) is 79.9 cm³/mol. The Kier molecular flexibility index (Phi) is 3.01. The fourth-order valence-electron chi connectivity index (χ4n) is 2.62. The van der Waals surface area contributed by atoms with E-state index in [1.165, 1.54) is 0 Å². The molecule has 0 aliphatic carbocycles. The summed E-state index contributed by atoms with van der Waals surface area (Å²) in [6.45, 7) is 3.75. The number of thiazole rings is 1. The van der Waals surface area contributed by atoms with E-state index in [4.69, 9.17) is 0 Å². The summed E-state index contributed by atoms with van der Waals surface area (Å²) in [7, 11) is 0. The minimum absolute atomic E-state index is 0.0442. The third-order valence-electron chi connectivity index (χ3n) is 3.58. The Bertz CT molecular complexity index is 763. The molecule has 0 saturated heterocycles. The predicted octanol–water partition coefficient (Wildman–Crippen LogP) is 1.80. The average molecular weight is 298 g/mol. The van der Waals surface area contributed by atoms with Gasteiger partial charge in [-0.05, 0) is 18.6 Å². The zero-order valence-corrected chi connectivity index (χ0v) is 12.3. The lowest BCUT2D eigenvalue weighted by Gasteiger charge is -2.24. The third kappa shape index (κ3) is 2.14. The first-order valence-corrected chi connectivity index (χ1v) is 7.64. The molecule has 6 nitrogen and oxygen atoms in total. The molecule has 21 heavy (non-hydrogen) atoms. The molecule has 0 spiro atoms. The highest BCUT2D eigenvalue weighted by Crippen LogP contribution is 2.29. The lowest BCUT2D eigenvalue weighted by molar-refractivity contribution is 0.457. The Hall–Kier alpha value is -2.12. The Morgan fingerprint density at radius 2 is 2.29 bits per heavy atom. The highest BCUT2D eigenvalue weighted by Gasteiger charge is 2.27. The number of hydrogen-bond acceptors (Lipinski definition) is 6. The minimum atomic E-state index is 0.0442. The van der Waals surface area contributed by atoms with Crippen LogP contribution in [0, 0.1) is 6.92 Å². The van der Waals surface area contributed by atoms with Gasteiger partial charge in [0.1, 0.15) is 0 Å². The van der Waals surface area contributed by atoms with Gasteiger partial charge in [0.2, 0.25) is 0 Å². The molecule has 1 N–H and O–H groups in total. The summed E-state index contributed by atoms with van der Waals surface area (Å²) < 4.78 is 2.18. The van der Waals surface area contributed by atoms with Crippen molar-refractivity contribution in [2.24, 2.45) is 0 Å². The molecule has 3 aromatic heterocycles. The molecule has 0 amide bonds. The van der Waals surface area contributed by atoms with Gasteiger partial charge in [-0.1, -0.05) is 6.07 Å². The maximum absolute atomic E-state index is 4.40. The molecule has 0 radical (unpaired) electrons. The van der Waals surface area contributed by atoms with E-state index in [0.29, 0.717) is 0 Å². The molecule has 0 saturated carbocycles. The molecule has 1 aliphatic rings. The van der Waals surface area contributed by atoms with Crippen LogP contribution in [0.15, 0.2) is 30.7 Å². The maximum atomic E-state index is 4.40. The number of aromatic nitrogens is 5. The van der Waals surface area contributed by atoms with Gasteiger partial charge in [-0.3, -0.25) is 4.98 Å². The fraction of sp³-hybridized carbons (Fsp3) is 0.286. The normalized spacial score (nSPS) is 17.7. The van der Waals surface area contributed by atoms with Gasteiger partial charge in [0.25, 0.3) is 0 Å². The summed E-state index contributed by atoms with van der Waals surface area (Å²) in [4.78, 5) is 9.57. The van der Waals surface area contributed by atoms with Crippen LogP contribution in [-0.2, 0) is 6.54 Å². The molecule has 0 aromatic carbocycles. The second kappa shape index (κ2) is 5.01. The van der Waals surface area contributed by atoms with Gasteiger partial charge >= 0.3 is 0 Å². The summed E-state index contributed by atoms with van der Waals surface area (Å²) in [6, 6.07) is 4.05. The quantitative estimate of drug-likeness (QED) is 0.781. The maximum Gasteiger partial charge on any atom is 0.175 e. The van der Waals surface area contributed by atoms with Gasteiger partial charge in [-0.2, -0.15) is 0 Å². The van der Waals surface area contributed by atoms with Crippen molar-refractivity contribution in [2.75, 3.05) is 6.54 Å². The van der Waals surface area contributed by atoms with E-state index < -0.39 is 0 Å². The number of nitrogens with zero attached hydrogens (tertiary/aromatic N) is 5. The van der Waals surface area contributed by atoms with Crippen LogP contribution in [0.2, 0.25) is 0 Å². The second-order valence-electron chi connectivity index (χ2n) is 4.95. The topological polar surface area (TPSA) is 68.5 Å². The van der Waals surface area contributed by atoms with Crippen molar-refractivity contribution in [2.45, 2.75) is 19.5 Å².